The minimum atomic E-state index is -0.115. The van der Waals surface area contributed by atoms with Crippen LogP contribution in [0.5, 0.6) is 0 Å². The van der Waals surface area contributed by atoms with Crippen LogP contribution in [-0.4, -0.2) is 24.4 Å². The fraction of sp³-hybridized carbons (Fsp3) is 0.500. The highest BCUT2D eigenvalue weighted by Crippen LogP contribution is 2.25. The standard InChI is InChI=1S/C16H23N3O2/c1-2-8-18-15(20)11-4-3-5-14(10-11)19-16(21)12-6-7-13(17)9-12/h3-5,10,12-13H,2,6-9,17H2,1H3,(H,18,20)(H,19,21). The van der Waals surface area contributed by atoms with E-state index in [2.05, 4.69) is 10.6 Å². The SMILES string of the molecule is CCCNC(=O)c1cccc(NC(=O)C2CCC(N)C2)c1. The normalized spacial score (nSPS) is 21.0. The fourth-order valence-corrected chi connectivity index (χ4v) is 2.58. The maximum Gasteiger partial charge on any atom is 0.251 e. The molecular formula is C16H23N3O2. The van der Waals surface area contributed by atoms with E-state index in [-0.39, 0.29) is 23.8 Å². The van der Waals surface area contributed by atoms with Gasteiger partial charge >= 0.3 is 0 Å². The lowest BCUT2D eigenvalue weighted by Gasteiger charge is -2.11. The average Bonchev–Trinajstić information content (AvgIpc) is 2.91. The molecule has 0 heterocycles. The third-order valence-electron chi connectivity index (χ3n) is 3.77. The molecule has 0 spiro atoms. The number of hydrogen-bond acceptors (Lipinski definition) is 3. The molecule has 1 fully saturated rings. The second kappa shape index (κ2) is 7.22. The van der Waals surface area contributed by atoms with Gasteiger partial charge in [-0.05, 0) is 43.9 Å². The van der Waals surface area contributed by atoms with Crippen LogP contribution in [0.15, 0.2) is 24.3 Å². The van der Waals surface area contributed by atoms with Crippen molar-refractivity contribution in [2.75, 3.05) is 11.9 Å². The first-order valence-electron chi connectivity index (χ1n) is 7.55. The van der Waals surface area contributed by atoms with Crippen molar-refractivity contribution in [2.24, 2.45) is 11.7 Å². The Morgan fingerprint density at radius 1 is 1.33 bits per heavy atom. The molecule has 0 radical (unpaired) electrons. The monoisotopic (exact) mass is 289 g/mol. The van der Waals surface area contributed by atoms with Crippen LogP contribution in [0.25, 0.3) is 0 Å². The van der Waals surface area contributed by atoms with Crippen molar-refractivity contribution < 1.29 is 9.59 Å². The number of benzene rings is 1. The molecule has 0 aromatic heterocycles. The maximum atomic E-state index is 12.1. The first kappa shape index (κ1) is 15.5. The molecule has 2 rings (SSSR count). The van der Waals surface area contributed by atoms with Gasteiger partial charge in [0.25, 0.3) is 5.91 Å². The van der Waals surface area contributed by atoms with Crippen molar-refractivity contribution in [3.63, 3.8) is 0 Å². The summed E-state index contributed by atoms with van der Waals surface area (Å²) in [6, 6.07) is 7.15. The predicted octanol–water partition coefficient (Wildman–Crippen LogP) is 1.89. The van der Waals surface area contributed by atoms with Gasteiger partial charge in [-0.2, -0.15) is 0 Å². The van der Waals surface area contributed by atoms with Crippen LogP contribution in [0, 0.1) is 5.92 Å². The summed E-state index contributed by atoms with van der Waals surface area (Å²) in [5, 5.41) is 5.70. The van der Waals surface area contributed by atoms with E-state index in [4.69, 9.17) is 5.73 Å². The van der Waals surface area contributed by atoms with Crippen LogP contribution >= 0.6 is 0 Å². The molecule has 5 heteroatoms. The zero-order valence-corrected chi connectivity index (χ0v) is 12.4. The van der Waals surface area contributed by atoms with Gasteiger partial charge in [0, 0.05) is 29.8 Å². The zero-order chi connectivity index (χ0) is 15.2. The second-order valence-corrected chi connectivity index (χ2v) is 5.60. The van der Waals surface area contributed by atoms with Gasteiger partial charge in [-0.3, -0.25) is 9.59 Å². The molecule has 1 aromatic rings. The van der Waals surface area contributed by atoms with Crippen LogP contribution < -0.4 is 16.4 Å². The second-order valence-electron chi connectivity index (χ2n) is 5.60. The molecule has 1 aromatic carbocycles. The first-order chi connectivity index (χ1) is 10.1. The molecule has 0 saturated heterocycles. The fourth-order valence-electron chi connectivity index (χ4n) is 2.58. The topological polar surface area (TPSA) is 84.2 Å². The molecule has 114 valence electrons. The highest BCUT2D eigenvalue weighted by atomic mass is 16.2. The molecule has 0 aliphatic heterocycles. The lowest BCUT2D eigenvalue weighted by atomic mass is 10.1. The molecule has 2 atom stereocenters. The van der Waals surface area contributed by atoms with E-state index in [0.29, 0.717) is 17.8 Å². The van der Waals surface area contributed by atoms with Crippen molar-refractivity contribution in [3.05, 3.63) is 29.8 Å². The maximum absolute atomic E-state index is 12.1. The Morgan fingerprint density at radius 3 is 2.81 bits per heavy atom. The van der Waals surface area contributed by atoms with Crippen LogP contribution in [-0.2, 0) is 4.79 Å². The van der Waals surface area contributed by atoms with Crippen molar-refractivity contribution in [3.8, 4) is 0 Å². The number of rotatable bonds is 5. The molecule has 0 bridgehead atoms. The Balaban J connectivity index is 1.97. The third kappa shape index (κ3) is 4.29. The smallest absolute Gasteiger partial charge is 0.251 e. The number of anilines is 1. The summed E-state index contributed by atoms with van der Waals surface area (Å²) in [6.45, 7) is 2.65. The molecule has 21 heavy (non-hydrogen) atoms. The Bertz CT molecular complexity index is 516. The molecule has 4 N–H and O–H groups in total. The minimum absolute atomic E-state index is 0.00549. The summed E-state index contributed by atoms with van der Waals surface area (Å²) in [4.78, 5) is 24.0. The number of amides is 2. The summed E-state index contributed by atoms with van der Waals surface area (Å²) in [5.74, 6) is -0.137. The highest BCUT2D eigenvalue weighted by Gasteiger charge is 2.27. The van der Waals surface area contributed by atoms with Crippen LogP contribution in [0.4, 0.5) is 5.69 Å². The van der Waals surface area contributed by atoms with Gasteiger partial charge in [-0.15, -0.1) is 0 Å². The van der Waals surface area contributed by atoms with Gasteiger partial charge in [-0.25, -0.2) is 0 Å². The van der Waals surface area contributed by atoms with Crippen LogP contribution in [0.1, 0.15) is 43.0 Å². The molecule has 1 aliphatic rings. The quantitative estimate of drug-likeness (QED) is 0.774. The number of hydrogen-bond donors (Lipinski definition) is 3. The Kier molecular flexibility index (Phi) is 5.33. The molecule has 5 nitrogen and oxygen atoms in total. The average molecular weight is 289 g/mol. The van der Waals surface area contributed by atoms with Crippen LogP contribution in [0.2, 0.25) is 0 Å². The lowest BCUT2D eigenvalue weighted by molar-refractivity contribution is -0.119. The van der Waals surface area contributed by atoms with Crippen molar-refractivity contribution >= 4 is 17.5 Å². The number of carbonyl (C=O) groups is 2. The molecule has 2 amide bonds. The van der Waals surface area contributed by atoms with E-state index in [1.807, 2.05) is 6.92 Å². The van der Waals surface area contributed by atoms with Crippen LogP contribution in [0.3, 0.4) is 0 Å². The predicted molar refractivity (Wildman–Crippen MR) is 83.0 cm³/mol. The Morgan fingerprint density at radius 2 is 2.14 bits per heavy atom. The largest absolute Gasteiger partial charge is 0.352 e. The first-order valence-corrected chi connectivity index (χ1v) is 7.55. The zero-order valence-electron chi connectivity index (χ0n) is 12.4. The Labute approximate surface area is 125 Å². The van der Waals surface area contributed by atoms with Gasteiger partial charge in [0.05, 0.1) is 0 Å². The van der Waals surface area contributed by atoms with Crippen molar-refractivity contribution in [2.45, 2.75) is 38.6 Å². The van der Waals surface area contributed by atoms with Gasteiger partial charge in [-0.1, -0.05) is 13.0 Å². The Hall–Kier alpha value is -1.88. The van der Waals surface area contributed by atoms with E-state index in [1.165, 1.54) is 0 Å². The van der Waals surface area contributed by atoms with E-state index >= 15 is 0 Å². The minimum Gasteiger partial charge on any atom is -0.352 e. The number of nitrogens with one attached hydrogen (secondary N) is 2. The molecule has 1 saturated carbocycles. The number of nitrogens with two attached hydrogens (primary N) is 1. The van der Waals surface area contributed by atoms with E-state index in [1.54, 1.807) is 24.3 Å². The number of carbonyl (C=O) groups excluding carboxylic acids is 2. The summed E-state index contributed by atoms with van der Waals surface area (Å²) >= 11 is 0. The third-order valence-corrected chi connectivity index (χ3v) is 3.77. The van der Waals surface area contributed by atoms with Crippen molar-refractivity contribution in [1.82, 2.24) is 5.32 Å². The van der Waals surface area contributed by atoms with E-state index < -0.39 is 0 Å². The molecular weight excluding hydrogens is 266 g/mol. The van der Waals surface area contributed by atoms with Crippen molar-refractivity contribution in [1.29, 1.82) is 0 Å². The lowest BCUT2D eigenvalue weighted by Crippen LogP contribution is -2.25. The summed E-state index contributed by atoms with van der Waals surface area (Å²) in [5.41, 5.74) is 7.05. The summed E-state index contributed by atoms with van der Waals surface area (Å²) < 4.78 is 0. The molecule has 2 unspecified atom stereocenters. The summed E-state index contributed by atoms with van der Waals surface area (Å²) in [7, 11) is 0. The van der Waals surface area contributed by atoms with Gasteiger partial charge in [0.15, 0.2) is 0 Å². The van der Waals surface area contributed by atoms with Gasteiger partial charge < -0.3 is 16.4 Å². The van der Waals surface area contributed by atoms with E-state index in [9.17, 15) is 9.59 Å². The summed E-state index contributed by atoms with van der Waals surface area (Å²) in [6.07, 6.45) is 3.37. The molecule has 1 aliphatic carbocycles. The highest BCUT2D eigenvalue weighted by molar-refractivity contribution is 5.97. The van der Waals surface area contributed by atoms with Gasteiger partial charge in [0.2, 0.25) is 5.91 Å². The van der Waals surface area contributed by atoms with Gasteiger partial charge in [0.1, 0.15) is 0 Å². The van der Waals surface area contributed by atoms with E-state index in [0.717, 1.165) is 25.7 Å².